The van der Waals surface area contributed by atoms with Crippen LogP contribution in [-0.2, 0) is 15.7 Å². The molecule has 1 rings (SSSR count). The van der Waals surface area contributed by atoms with Gasteiger partial charge in [-0.2, -0.15) is 18.4 Å². The monoisotopic (exact) mass is 297 g/mol. The third-order valence-electron chi connectivity index (χ3n) is 2.29. The summed E-state index contributed by atoms with van der Waals surface area (Å²) in [6.07, 6.45) is -2.65. The van der Waals surface area contributed by atoms with Gasteiger partial charge in [-0.1, -0.05) is 6.07 Å². The molecule has 0 saturated heterocycles. The third kappa shape index (κ3) is 5.30. The summed E-state index contributed by atoms with van der Waals surface area (Å²) in [5.74, 6) is -0.736. The molecule has 0 aliphatic rings. The third-order valence-corrected chi connectivity index (χ3v) is 2.29. The molecule has 0 fully saturated rings. The van der Waals surface area contributed by atoms with E-state index in [-0.39, 0.29) is 11.1 Å². The first-order valence-electron chi connectivity index (χ1n) is 6.05. The molecule has 0 N–H and O–H groups in total. The number of nitriles is 1. The molecule has 0 heterocycles. The van der Waals surface area contributed by atoms with Gasteiger partial charge in [-0.05, 0) is 44.5 Å². The van der Waals surface area contributed by atoms with Crippen LogP contribution in [0.1, 0.15) is 37.5 Å². The van der Waals surface area contributed by atoms with Crippen molar-refractivity contribution < 1.29 is 22.7 Å². The van der Waals surface area contributed by atoms with Crippen molar-refractivity contribution >= 4 is 12.0 Å². The predicted molar refractivity (Wildman–Crippen MR) is 71.0 cm³/mol. The number of esters is 1. The molecule has 1 aromatic carbocycles. The maximum absolute atomic E-state index is 12.9. The molecule has 0 aliphatic heterocycles. The van der Waals surface area contributed by atoms with Crippen LogP contribution in [0.3, 0.4) is 0 Å². The summed E-state index contributed by atoms with van der Waals surface area (Å²) in [6.45, 7) is 4.96. The Morgan fingerprint density at radius 1 is 1.29 bits per heavy atom. The highest BCUT2D eigenvalue weighted by atomic mass is 19.4. The zero-order chi connectivity index (χ0) is 16.3. The van der Waals surface area contributed by atoms with Crippen LogP contribution >= 0.6 is 0 Å². The molecule has 0 amide bonds. The fraction of sp³-hybridized carbons (Fsp3) is 0.333. The Hall–Kier alpha value is -2.29. The van der Waals surface area contributed by atoms with Crippen molar-refractivity contribution in [3.05, 3.63) is 41.0 Å². The lowest BCUT2D eigenvalue weighted by atomic mass is 10.0. The van der Waals surface area contributed by atoms with E-state index in [0.717, 1.165) is 24.3 Å². The van der Waals surface area contributed by atoms with E-state index in [4.69, 9.17) is 10.00 Å². The Morgan fingerprint density at radius 3 is 2.38 bits per heavy atom. The second-order valence-electron chi connectivity index (χ2n) is 5.28. The summed E-state index contributed by atoms with van der Waals surface area (Å²) in [5, 5.41) is 8.65. The zero-order valence-corrected chi connectivity index (χ0v) is 11.8. The van der Waals surface area contributed by atoms with Gasteiger partial charge in [0.1, 0.15) is 5.60 Å². The van der Waals surface area contributed by atoms with E-state index < -0.39 is 23.3 Å². The van der Waals surface area contributed by atoms with Crippen molar-refractivity contribution in [2.75, 3.05) is 0 Å². The van der Waals surface area contributed by atoms with Crippen molar-refractivity contribution in [1.82, 2.24) is 0 Å². The number of nitrogens with zero attached hydrogens (tertiary/aromatic N) is 1. The molecule has 1 aromatic rings. The van der Waals surface area contributed by atoms with E-state index in [0.29, 0.717) is 0 Å². The second-order valence-corrected chi connectivity index (χ2v) is 5.28. The molecular formula is C15H14F3NO2. The first kappa shape index (κ1) is 16.8. The van der Waals surface area contributed by atoms with Gasteiger partial charge in [-0.3, -0.25) is 0 Å². The number of halogens is 3. The molecule has 0 spiro atoms. The smallest absolute Gasteiger partial charge is 0.417 e. The molecule has 0 atom stereocenters. The van der Waals surface area contributed by atoms with Crippen molar-refractivity contribution in [3.63, 3.8) is 0 Å². The Bertz CT molecular complexity index is 605. The lowest BCUT2D eigenvalue weighted by Gasteiger charge is -2.18. The normalized spacial score (nSPS) is 12.2. The summed E-state index contributed by atoms with van der Waals surface area (Å²) in [7, 11) is 0. The fourth-order valence-electron chi connectivity index (χ4n) is 1.51. The summed E-state index contributed by atoms with van der Waals surface area (Å²) in [6, 6.07) is 4.79. The quantitative estimate of drug-likeness (QED) is 0.614. The van der Waals surface area contributed by atoms with E-state index in [9.17, 15) is 18.0 Å². The highest BCUT2D eigenvalue weighted by Crippen LogP contribution is 2.33. The maximum atomic E-state index is 12.9. The van der Waals surface area contributed by atoms with Gasteiger partial charge in [0.2, 0.25) is 0 Å². The molecule has 21 heavy (non-hydrogen) atoms. The lowest BCUT2D eigenvalue weighted by Crippen LogP contribution is -2.22. The fourth-order valence-corrected chi connectivity index (χ4v) is 1.51. The molecular weight excluding hydrogens is 283 g/mol. The minimum absolute atomic E-state index is 0.100. The van der Waals surface area contributed by atoms with Crippen molar-refractivity contribution in [2.45, 2.75) is 32.5 Å². The van der Waals surface area contributed by atoms with Gasteiger partial charge in [0.05, 0.1) is 17.2 Å². The molecule has 0 aromatic heterocycles. The molecule has 3 nitrogen and oxygen atoms in total. The van der Waals surface area contributed by atoms with Crippen molar-refractivity contribution in [1.29, 1.82) is 5.26 Å². The van der Waals surface area contributed by atoms with E-state index in [2.05, 4.69) is 0 Å². The lowest BCUT2D eigenvalue weighted by molar-refractivity contribution is -0.148. The minimum Gasteiger partial charge on any atom is -0.457 e. The van der Waals surface area contributed by atoms with Gasteiger partial charge in [0.15, 0.2) is 0 Å². The standard InChI is InChI=1S/C15H14F3NO2/c1-14(2,3)21-13(20)7-6-11-5-4-10(9-19)8-12(11)15(16,17)18/h4-8H,1-3H3. The Labute approximate surface area is 120 Å². The Morgan fingerprint density at radius 2 is 1.90 bits per heavy atom. The first-order valence-corrected chi connectivity index (χ1v) is 6.05. The molecule has 0 bridgehead atoms. The molecule has 112 valence electrons. The number of ether oxygens (including phenoxy) is 1. The topological polar surface area (TPSA) is 50.1 Å². The van der Waals surface area contributed by atoms with Gasteiger partial charge in [0.25, 0.3) is 0 Å². The minimum atomic E-state index is -4.61. The first-order chi connectivity index (χ1) is 9.53. The Balaban J connectivity index is 3.09. The predicted octanol–water partition coefficient (Wildman–Crippen LogP) is 3.93. The number of rotatable bonds is 2. The van der Waals surface area contributed by atoms with Gasteiger partial charge in [-0.15, -0.1) is 0 Å². The molecule has 6 heteroatoms. The highest BCUT2D eigenvalue weighted by Gasteiger charge is 2.33. The van der Waals surface area contributed by atoms with E-state index in [1.807, 2.05) is 0 Å². The van der Waals surface area contributed by atoms with Crippen LogP contribution in [0.5, 0.6) is 0 Å². The van der Waals surface area contributed by atoms with Gasteiger partial charge < -0.3 is 4.74 Å². The van der Waals surface area contributed by atoms with Crippen molar-refractivity contribution in [2.24, 2.45) is 0 Å². The van der Waals surface area contributed by atoms with E-state index in [1.165, 1.54) is 6.07 Å². The van der Waals surface area contributed by atoms with Crippen LogP contribution in [0.4, 0.5) is 13.2 Å². The van der Waals surface area contributed by atoms with Crippen LogP contribution in [0.2, 0.25) is 0 Å². The molecule has 0 unspecified atom stereocenters. The van der Waals surface area contributed by atoms with Gasteiger partial charge >= 0.3 is 12.1 Å². The van der Waals surface area contributed by atoms with Gasteiger partial charge in [-0.25, -0.2) is 4.79 Å². The summed E-state index contributed by atoms with van der Waals surface area (Å²) in [5.41, 5.74) is -2.00. The molecule has 0 saturated carbocycles. The number of alkyl halides is 3. The summed E-state index contributed by atoms with van der Waals surface area (Å²) < 4.78 is 43.7. The van der Waals surface area contributed by atoms with Crippen LogP contribution in [0, 0.1) is 11.3 Å². The largest absolute Gasteiger partial charge is 0.457 e. The second kappa shape index (κ2) is 6.00. The van der Waals surface area contributed by atoms with E-state index in [1.54, 1.807) is 26.8 Å². The van der Waals surface area contributed by atoms with Gasteiger partial charge in [0, 0.05) is 6.08 Å². The molecule has 0 radical (unpaired) electrons. The number of benzene rings is 1. The van der Waals surface area contributed by atoms with Crippen LogP contribution in [-0.4, -0.2) is 11.6 Å². The average molecular weight is 297 g/mol. The van der Waals surface area contributed by atoms with E-state index >= 15 is 0 Å². The summed E-state index contributed by atoms with van der Waals surface area (Å²) >= 11 is 0. The van der Waals surface area contributed by atoms with Crippen LogP contribution < -0.4 is 0 Å². The number of hydrogen-bond acceptors (Lipinski definition) is 3. The average Bonchev–Trinajstić information content (AvgIpc) is 2.33. The maximum Gasteiger partial charge on any atom is 0.417 e. The number of carbonyl (C=O) groups excluding carboxylic acids is 1. The van der Waals surface area contributed by atoms with Crippen LogP contribution in [0.15, 0.2) is 24.3 Å². The number of hydrogen-bond donors (Lipinski definition) is 0. The SMILES string of the molecule is CC(C)(C)OC(=O)C=Cc1ccc(C#N)cc1C(F)(F)F. The van der Waals surface area contributed by atoms with Crippen LogP contribution in [0.25, 0.3) is 6.08 Å². The Kier molecular flexibility index (Phi) is 4.79. The summed E-state index contributed by atoms with van der Waals surface area (Å²) in [4.78, 5) is 11.5. The molecule has 0 aliphatic carbocycles. The highest BCUT2D eigenvalue weighted by molar-refractivity contribution is 5.87. The number of carbonyl (C=O) groups is 1. The van der Waals surface area contributed by atoms with Crippen molar-refractivity contribution in [3.8, 4) is 6.07 Å². The zero-order valence-electron chi connectivity index (χ0n) is 11.8.